The Morgan fingerprint density at radius 3 is 2.75 bits per heavy atom. The number of halogens is 2. The summed E-state index contributed by atoms with van der Waals surface area (Å²) in [4.78, 5) is 4.01. The van der Waals surface area contributed by atoms with E-state index in [9.17, 15) is 0 Å². The average Bonchev–Trinajstić information content (AvgIpc) is 2.61. The molecule has 3 rings (SSSR count). The summed E-state index contributed by atoms with van der Waals surface area (Å²) in [6.07, 6.45) is 2.75. The maximum atomic E-state index is 6.15. The molecule has 1 heterocycles. The van der Waals surface area contributed by atoms with Crippen LogP contribution in [0.1, 0.15) is 31.0 Å². The lowest BCUT2D eigenvalue weighted by atomic mass is 9.85. The van der Waals surface area contributed by atoms with Gasteiger partial charge in [-0.15, -0.1) is 0 Å². The molecule has 104 valence electrons. The zero-order valence-electron chi connectivity index (χ0n) is 11.5. The van der Waals surface area contributed by atoms with Gasteiger partial charge < -0.3 is 5.32 Å². The van der Waals surface area contributed by atoms with E-state index >= 15 is 0 Å². The minimum absolute atomic E-state index is 0.128. The molecule has 2 nitrogen and oxygen atoms in total. The van der Waals surface area contributed by atoms with Gasteiger partial charge in [-0.05, 0) is 47.2 Å². The quantitative estimate of drug-likeness (QED) is 0.779. The van der Waals surface area contributed by atoms with Crippen LogP contribution in [-0.2, 0) is 6.42 Å². The molecule has 20 heavy (non-hydrogen) atoms. The number of hydrogen-bond donors (Lipinski definition) is 1. The molecule has 0 saturated carbocycles. The number of fused-ring (bicyclic) bond motifs is 1. The second-order valence-corrected chi connectivity index (χ2v) is 6.78. The average molecular weight is 307 g/mol. The Balaban J connectivity index is 1.98. The smallest absolute Gasteiger partial charge is 0.131 e. The van der Waals surface area contributed by atoms with Crippen LogP contribution >= 0.6 is 23.2 Å². The van der Waals surface area contributed by atoms with Gasteiger partial charge in [0.05, 0.1) is 6.04 Å². The summed E-state index contributed by atoms with van der Waals surface area (Å²) >= 11 is 12.1. The minimum atomic E-state index is 0.128. The topological polar surface area (TPSA) is 24.9 Å². The van der Waals surface area contributed by atoms with Crippen LogP contribution in [0.4, 0.5) is 5.69 Å². The van der Waals surface area contributed by atoms with Crippen molar-refractivity contribution in [2.75, 3.05) is 5.32 Å². The largest absolute Gasteiger partial charge is 0.378 e. The minimum Gasteiger partial charge on any atom is -0.378 e. The van der Waals surface area contributed by atoms with Gasteiger partial charge in [-0.3, -0.25) is 0 Å². The molecule has 1 unspecified atom stereocenters. The van der Waals surface area contributed by atoms with Gasteiger partial charge in [0.2, 0.25) is 0 Å². The van der Waals surface area contributed by atoms with E-state index in [-0.39, 0.29) is 11.5 Å². The lowest BCUT2D eigenvalue weighted by molar-refractivity contribution is 0.337. The van der Waals surface area contributed by atoms with Crippen molar-refractivity contribution >= 4 is 28.9 Å². The van der Waals surface area contributed by atoms with Crippen molar-refractivity contribution in [3.05, 3.63) is 57.8 Å². The highest BCUT2D eigenvalue weighted by atomic mass is 35.5. The van der Waals surface area contributed by atoms with Gasteiger partial charge in [0, 0.05) is 16.9 Å². The summed E-state index contributed by atoms with van der Waals surface area (Å²) in [5, 5.41) is 4.85. The number of nitrogens with one attached hydrogen (secondary N) is 1. The molecule has 0 radical (unpaired) electrons. The van der Waals surface area contributed by atoms with Gasteiger partial charge in [-0.25, -0.2) is 4.98 Å². The first-order valence-corrected chi connectivity index (χ1v) is 7.38. The van der Waals surface area contributed by atoms with E-state index in [1.807, 2.05) is 18.2 Å². The third-order valence-corrected chi connectivity index (χ3v) is 4.33. The van der Waals surface area contributed by atoms with Gasteiger partial charge in [-0.2, -0.15) is 0 Å². The van der Waals surface area contributed by atoms with Gasteiger partial charge in [0.25, 0.3) is 0 Å². The molecule has 1 aromatic heterocycles. The highest BCUT2D eigenvalue weighted by Crippen LogP contribution is 2.47. The predicted molar refractivity (Wildman–Crippen MR) is 84.5 cm³/mol. The lowest BCUT2D eigenvalue weighted by Crippen LogP contribution is -2.24. The molecule has 1 N–H and O–H groups in total. The van der Waals surface area contributed by atoms with Crippen LogP contribution in [0.5, 0.6) is 0 Å². The fraction of sp³-hybridized carbons (Fsp3) is 0.312. The molecule has 4 heteroatoms. The SMILES string of the molecule is CC1(C)Cc2ccc(Cl)cc2C1Nc1ccnc(Cl)c1. The number of hydrogen-bond acceptors (Lipinski definition) is 2. The summed E-state index contributed by atoms with van der Waals surface area (Å²) in [7, 11) is 0. The third kappa shape index (κ3) is 2.50. The summed E-state index contributed by atoms with van der Waals surface area (Å²) in [5.41, 5.74) is 3.74. The van der Waals surface area contributed by atoms with E-state index in [2.05, 4.69) is 36.3 Å². The Morgan fingerprint density at radius 1 is 1.20 bits per heavy atom. The van der Waals surface area contributed by atoms with Crippen molar-refractivity contribution in [1.29, 1.82) is 0 Å². The Kier molecular flexibility index (Phi) is 3.39. The van der Waals surface area contributed by atoms with Gasteiger partial charge in [0.1, 0.15) is 5.15 Å². The molecule has 0 amide bonds. The van der Waals surface area contributed by atoms with Crippen molar-refractivity contribution in [2.24, 2.45) is 5.41 Å². The molecule has 1 aliphatic rings. The molecule has 0 aliphatic heterocycles. The molecule has 0 fully saturated rings. The Bertz CT molecular complexity index is 653. The molecule has 1 atom stereocenters. The van der Waals surface area contributed by atoms with E-state index in [1.165, 1.54) is 11.1 Å². The van der Waals surface area contributed by atoms with Gasteiger partial charge >= 0.3 is 0 Å². The van der Waals surface area contributed by atoms with Crippen LogP contribution in [0.25, 0.3) is 0 Å². The molecule has 2 aromatic rings. The fourth-order valence-corrected chi connectivity index (χ4v) is 3.30. The van der Waals surface area contributed by atoms with Gasteiger partial charge in [0.15, 0.2) is 0 Å². The standard InChI is InChI=1S/C16H16Cl2N2/c1-16(2)9-10-3-4-11(17)7-13(10)15(16)20-12-5-6-19-14(18)8-12/h3-8,15H,9H2,1-2H3,(H,19,20). The maximum absolute atomic E-state index is 6.15. The number of anilines is 1. The molecule has 0 bridgehead atoms. The van der Waals surface area contributed by atoms with Crippen molar-refractivity contribution < 1.29 is 0 Å². The van der Waals surface area contributed by atoms with E-state index in [1.54, 1.807) is 6.20 Å². The van der Waals surface area contributed by atoms with Crippen LogP contribution in [0.15, 0.2) is 36.5 Å². The molecule has 0 spiro atoms. The first-order valence-electron chi connectivity index (χ1n) is 6.62. The van der Waals surface area contributed by atoms with Crippen molar-refractivity contribution in [3.63, 3.8) is 0 Å². The van der Waals surface area contributed by atoms with Crippen molar-refractivity contribution in [3.8, 4) is 0 Å². The zero-order chi connectivity index (χ0) is 14.3. The van der Waals surface area contributed by atoms with Crippen LogP contribution in [0, 0.1) is 5.41 Å². The third-order valence-electron chi connectivity index (χ3n) is 3.88. The monoisotopic (exact) mass is 306 g/mol. The lowest BCUT2D eigenvalue weighted by Gasteiger charge is -2.29. The molecule has 1 aliphatic carbocycles. The second kappa shape index (κ2) is 4.94. The molecule has 1 aromatic carbocycles. The zero-order valence-corrected chi connectivity index (χ0v) is 13.0. The number of nitrogens with zero attached hydrogens (tertiary/aromatic N) is 1. The predicted octanol–water partition coefficient (Wildman–Crippen LogP) is 5.12. The summed E-state index contributed by atoms with van der Waals surface area (Å²) in [6, 6.07) is 10.1. The number of rotatable bonds is 2. The van der Waals surface area contributed by atoms with E-state index < -0.39 is 0 Å². The van der Waals surface area contributed by atoms with E-state index in [0.29, 0.717) is 5.15 Å². The van der Waals surface area contributed by atoms with Crippen LogP contribution in [-0.4, -0.2) is 4.98 Å². The highest BCUT2D eigenvalue weighted by Gasteiger charge is 2.39. The number of aromatic nitrogens is 1. The Morgan fingerprint density at radius 2 is 2.00 bits per heavy atom. The number of pyridine rings is 1. The Hall–Kier alpha value is -1.25. The molecule has 0 saturated heterocycles. The number of benzene rings is 1. The maximum Gasteiger partial charge on any atom is 0.131 e. The fourth-order valence-electron chi connectivity index (χ4n) is 2.94. The molecular formula is C16H16Cl2N2. The van der Waals surface area contributed by atoms with Crippen LogP contribution in [0.2, 0.25) is 10.2 Å². The first-order chi connectivity index (χ1) is 9.45. The first kappa shape index (κ1) is 13.7. The van der Waals surface area contributed by atoms with Gasteiger partial charge in [-0.1, -0.05) is 43.1 Å². The normalized spacial score (nSPS) is 19.7. The Labute approximate surface area is 129 Å². The van der Waals surface area contributed by atoms with E-state index in [0.717, 1.165) is 17.1 Å². The van der Waals surface area contributed by atoms with Crippen molar-refractivity contribution in [2.45, 2.75) is 26.3 Å². The summed E-state index contributed by atoms with van der Waals surface area (Å²) in [5.74, 6) is 0. The van der Waals surface area contributed by atoms with Crippen molar-refractivity contribution in [1.82, 2.24) is 4.98 Å². The van der Waals surface area contributed by atoms with Crippen LogP contribution in [0.3, 0.4) is 0 Å². The van der Waals surface area contributed by atoms with Crippen LogP contribution < -0.4 is 5.32 Å². The van der Waals surface area contributed by atoms with E-state index in [4.69, 9.17) is 23.2 Å². The highest BCUT2D eigenvalue weighted by molar-refractivity contribution is 6.30. The summed E-state index contributed by atoms with van der Waals surface area (Å²) in [6.45, 7) is 4.53. The summed E-state index contributed by atoms with van der Waals surface area (Å²) < 4.78 is 0. The molecular weight excluding hydrogens is 291 g/mol. The second-order valence-electron chi connectivity index (χ2n) is 5.95.